The average molecular weight is 387 g/mol. The van der Waals surface area contributed by atoms with E-state index in [-0.39, 0.29) is 16.3 Å². The number of nitro groups is 1. The Labute approximate surface area is 152 Å². The molecule has 0 atom stereocenters. The molecule has 0 heterocycles. The van der Waals surface area contributed by atoms with Gasteiger partial charge in [-0.15, -0.1) is 0 Å². The molecule has 2 rings (SSSR count). The van der Waals surface area contributed by atoms with Gasteiger partial charge in [-0.05, 0) is 25.1 Å². The molecule has 124 valence electrons. The van der Waals surface area contributed by atoms with Gasteiger partial charge in [0.15, 0.2) is 0 Å². The molecule has 0 bridgehead atoms. The number of benzene rings is 2. The summed E-state index contributed by atoms with van der Waals surface area (Å²) in [7, 11) is 0. The summed E-state index contributed by atoms with van der Waals surface area (Å²) < 4.78 is 0. The van der Waals surface area contributed by atoms with Crippen LogP contribution in [0.25, 0.3) is 0 Å². The number of nitrogens with one attached hydrogen (secondary N) is 1. The molecule has 0 aliphatic carbocycles. The van der Waals surface area contributed by atoms with Gasteiger partial charge in [-0.3, -0.25) is 14.9 Å². The Hall–Kier alpha value is -2.15. The number of hydrazone groups is 1. The minimum Gasteiger partial charge on any atom is -0.267 e. The highest BCUT2D eigenvalue weighted by atomic mass is 35.5. The molecule has 0 aliphatic rings. The van der Waals surface area contributed by atoms with E-state index in [2.05, 4.69) is 10.5 Å². The van der Waals surface area contributed by atoms with Gasteiger partial charge >= 0.3 is 0 Å². The molecular formula is C15H10Cl3N3O3. The predicted molar refractivity (Wildman–Crippen MR) is 94.2 cm³/mol. The van der Waals surface area contributed by atoms with Crippen molar-refractivity contribution >= 4 is 52.1 Å². The Balaban J connectivity index is 2.19. The number of hydrogen-bond acceptors (Lipinski definition) is 4. The van der Waals surface area contributed by atoms with Crippen LogP contribution < -0.4 is 5.43 Å². The van der Waals surface area contributed by atoms with Crippen LogP contribution in [0.2, 0.25) is 15.1 Å². The number of non-ortho nitro benzene ring substituents is 1. The number of nitro benzene ring substituents is 1. The van der Waals surface area contributed by atoms with Gasteiger partial charge in [0.1, 0.15) is 0 Å². The Morgan fingerprint density at radius 3 is 2.29 bits per heavy atom. The van der Waals surface area contributed by atoms with E-state index in [0.717, 1.165) is 6.07 Å². The van der Waals surface area contributed by atoms with E-state index in [9.17, 15) is 14.9 Å². The molecule has 2 aromatic carbocycles. The number of amides is 1. The number of carbonyl (C=O) groups excluding carboxylic acids is 1. The average Bonchev–Trinajstić information content (AvgIpc) is 2.52. The topological polar surface area (TPSA) is 84.6 Å². The monoisotopic (exact) mass is 385 g/mol. The van der Waals surface area contributed by atoms with E-state index in [1.165, 1.54) is 12.1 Å². The van der Waals surface area contributed by atoms with Crippen molar-refractivity contribution in [3.05, 3.63) is 72.7 Å². The summed E-state index contributed by atoms with van der Waals surface area (Å²) in [4.78, 5) is 22.2. The fourth-order valence-corrected chi connectivity index (χ4v) is 2.65. The van der Waals surface area contributed by atoms with Gasteiger partial charge in [0, 0.05) is 22.7 Å². The lowest BCUT2D eigenvalue weighted by molar-refractivity contribution is -0.384. The van der Waals surface area contributed by atoms with Crippen LogP contribution in [0.4, 0.5) is 5.69 Å². The molecule has 6 nitrogen and oxygen atoms in total. The lowest BCUT2D eigenvalue weighted by Gasteiger charge is -2.06. The van der Waals surface area contributed by atoms with Crippen molar-refractivity contribution in [1.29, 1.82) is 0 Å². The maximum atomic E-state index is 12.1. The number of nitrogens with zero attached hydrogens (tertiary/aromatic N) is 2. The predicted octanol–water partition coefficient (Wildman–Crippen LogP) is 4.71. The largest absolute Gasteiger partial charge is 0.272 e. The maximum absolute atomic E-state index is 12.1. The SMILES string of the molecule is CC(=NNC(=O)c1ccc([N+](=O)[O-])cc1Cl)c1ccc(Cl)cc1Cl. The van der Waals surface area contributed by atoms with Gasteiger partial charge in [-0.25, -0.2) is 5.43 Å². The van der Waals surface area contributed by atoms with Crippen molar-refractivity contribution in [3.63, 3.8) is 0 Å². The molecule has 0 saturated carbocycles. The van der Waals surface area contributed by atoms with Crippen LogP contribution in [0.3, 0.4) is 0 Å². The van der Waals surface area contributed by atoms with Gasteiger partial charge < -0.3 is 0 Å². The third-order valence-corrected chi connectivity index (χ3v) is 3.91. The number of carbonyl (C=O) groups is 1. The van der Waals surface area contributed by atoms with Crippen LogP contribution in [0, 0.1) is 10.1 Å². The molecule has 1 N–H and O–H groups in total. The van der Waals surface area contributed by atoms with Gasteiger partial charge in [0.05, 0.1) is 26.2 Å². The van der Waals surface area contributed by atoms with E-state index < -0.39 is 10.8 Å². The molecule has 0 saturated heterocycles. The Morgan fingerprint density at radius 1 is 1.08 bits per heavy atom. The van der Waals surface area contributed by atoms with Crippen molar-refractivity contribution in [1.82, 2.24) is 5.43 Å². The zero-order valence-corrected chi connectivity index (χ0v) is 14.5. The van der Waals surface area contributed by atoms with Crippen molar-refractivity contribution < 1.29 is 9.72 Å². The van der Waals surface area contributed by atoms with Crippen LogP contribution in [0.1, 0.15) is 22.8 Å². The van der Waals surface area contributed by atoms with Crippen molar-refractivity contribution in [2.24, 2.45) is 5.10 Å². The van der Waals surface area contributed by atoms with Gasteiger partial charge in [0.25, 0.3) is 11.6 Å². The zero-order valence-electron chi connectivity index (χ0n) is 12.2. The highest BCUT2D eigenvalue weighted by Crippen LogP contribution is 2.23. The minimum atomic E-state index is -0.599. The van der Waals surface area contributed by atoms with E-state index in [1.54, 1.807) is 25.1 Å². The standard InChI is InChI=1S/C15H10Cl3N3O3/c1-8(11-4-2-9(16)6-13(11)17)19-20-15(22)12-5-3-10(21(23)24)7-14(12)18/h2-7H,1H3,(H,20,22). The highest BCUT2D eigenvalue weighted by Gasteiger charge is 2.15. The van der Waals surface area contributed by atoms with Crippen LogP contribution in [0.5, 0.6) is 0 Å². The lowest BCUT2D eigenvalue weighted by Crippen LogP contribution is -2.19. The smallest absolute Gasteiger partial charge is 0.267 e. The zero-order chi connectivity index (χ0) is 17.9. The summed E-state index contributed by atoms with van der Waals surface area (Å²) in [6.07, 6.45) is 0. The fraction of sp³-hybridized carbons (Fsp3) is 0.0667. The number of hydrogen-bond donors (Lipinski definition) is 1. The Kier molecular flexibility index (Phi) is 5.77. The highest BCUT2D eigenvalue weighted by molar-refractivity contribution is 6.37. The molecule has 24 heavy (non-hydrogen) atoms. The molecule has 9 heteroatoms. The number of halogens is 3. The Bertz CT molecular complexity index is 853. The summed E-state index contributed by atoms with van der Waals surface area (Å²) >= 11 is 17.8. The molecule has 2 aromatic rings. The van der Waals surface area contributed by atoms with Gasteiger partial charge in [-0.2, -0.15) is 5.10 Å². The van der Waals surface area contributed by atoms with Crippen molar-refractivity contribution in [3.8, 4) is 0 Å². The van der Waals surface area contributed by atoms with Gasteiger partial charge in [0.2, 0.25) is 0 Å². The quantitative estimate of drug-likeness (QED) is 0.469. The van der Waals surface area contributed by atoms with E-state index >= 15 is 0 Å². The molecule has 0 unspecified atom stereocenters. The van der Waals surface area contributed by atoms with Crippen LogP contribution in [-0.4, -0.2) is 16.5 Å². The molecule has 0 aliphatic heterocycles. The van der Waals surface area contributed by atoms with Crippen LogP contribution >= 0.6 is 34.8 Å². The van der Waals surface area contributed by atoms with E-state index in [1.807, 2.05) is 0 Å². The summed E-state index contributed by atoms with van der Waals surface area (Å²) in [5, 5.41) is 15.5. The third kappa shape index (κ3) is 4.23. The molecule has 1 amide bonds. The maximum Gasteiger partial charge on any atom is 0.272 e. The first-order valence-corrected chi connectivity index (χ1v) is 7.67. The third-order valence-electron chi connectivity index (χ3n) is 3.05. The van der Waals surface area contributed by atoms with Crippen molar-refractivity contribution in [2.45, 2.75) is 6.92 Å². The molecular weight excluding hydrogens is 377 g/mol. The van der Waals surface area contributed by atoms with Gasteiger partial charge in [-0.1, -0.05) is 40.9 Å². The first-order valence-electron chi connectivity index (χ1n) is 6.53. The van der Waals surface area contributed by atoms with Crippen molar-refractivity contribution in [2.75, 3.05) is 0 Å². The second-order valence-corrected chi connectivity index (χ2v) is 5.93. The summed E-state index contributed by atoms with van der Waals surface area (Å²) in [5.41, 5.74) is 3.27. The molecule has 0 radical (unpaired) electrons. The molecule has 0 fully saturated rings. The first-order chi connectivity index (χ1) is 11.3. The van der Waals surface area contributed by atoms with E-state index in [0.29, 0.717) is 21.3 Å². The summed E-state index contributed by atoms with van der Waals surface area (Å²) in [6.45, 7) is 1.66. The normalized spacial score (nSPS) is 11.2. The lowest BCUT2D eigenvalue weighted by atomic mass is 10.1. The summed E-state index contributed by atoms with van der Waals surface area (Å²) in [5.74, 6) is -0.598. The van der Waals surface area contributed by atoms with Crippen LogP contribution in [-0.2, 0) is 0 Å². The molecule has 0 spiro atoms. The van der Waals surface area contributed by atoms with Crippen LogP contribution in [0.15, 0.2) is 41.5 Å². The fourth-order valence-electron chi connectivity index (χ4n) is 1.84. The second kappa shape index (κ2) is 7.61. The summed E-state index contributed by atoms with van der Waals surface area (Å²) in [6, 6.07) is 8.43. The number of rotatable bonds is 4. The van der Waals surface area contributed by atoms with E-state index in [4.69, 9.17) is 34.8 Å². The second-order valence-electron chi connectivity index (χ2n) is 4.68. The Morgan fingerprint density at radius 2 is 1.71 bits per heavy atom. The minimum absolute atomic E-state index is 0.0425. The molecule has 0 aromatic heterocycles. The first kappa shape index (κ1) is 18.2.